The van der Waals surface area contributed by atoms with E-state index in [9.17, 15) is 5.11 Å². The number of hydrogen-bond acceptors (Lipinski definition) is 2. The Kier molecular flexibility index (Phi) is 5.91. The Bertz CT molecular complexity index is 534. The predicted octanol–water partition coefficient (Wildman–Crippen LogP) is 4.37. The largest absolute Gasteiger partial charge is 0.508 e. The molecule has 0 amide bonds. The quantitative estimate of drug-likeness (QED) is 0.573. The van der Waals surface area contributed by atoms with Crippen molar-refractivity contribution >= 4 is 11.6 Å². The van der Waals surface area contributed by atoms with E-state index < -0.39 is 0 Å². The molecule has 0 aromatic heterocycles. The van der Waals surface area contributed by atoms with Gasteiger partial charge in [-0.2, -0.15) is 0 Å². The van der Waals surface area contributed by atoms with Crippen molar-refractivity contribution < 1.29 is 5.11 Å². The molecular formula is C19H31N3O. The van der Waals surface area contributed by atoms with Gasteiger partial charge >= 0.3 is 0 Å². The molecule has 1 aliphatic carbocycles. The fourth-order valence-electron chi connectivity index (χ4n) is 2.86. The number of rotatable bonds is 3. The molecule has 1 aromatic rings. The van der Waals surface area contributed by atoms with Crippen LogP contribution in [0.2, 0.25) is 0 Å². The number of aromatic hydroxyl groups is 1. The molecule has 1 fully saturated rings. The summed E-state index contributed by atoms with van der Waals surface area (Å²) in [5.41, 5.74) is 1.000. The number of guanidine groups is 1. The monoisotopic (exact) mass is 317 g/mol. The number of nitrogens with zero attached hydrogens (tertiary/aromatic N) is 1. The highest BCUT2D eigenvalue weighted by atomic mass is 16.3. The van der Waals surface area contributed by atoms with Crippen molar-refractivity contribution in [3.63, 3.8) is 0 Å². The first-order valence-corrected chi connectivity index (χ1v) is 8.70. The zero-order chi connectivity index (χ0) is 16.9. The molecule has 0 aliphatic heterocycles. The Morgan fingerprint density at radius 3 is 2.65 bits per heavy atom. The van der Waals surface area contributed by atoms with Crippen molar-refractivity contribution in [2.45, 2.75) is 59.4 Å². The maximum atomic E-state index is 9.65. The molecule has 1 saturated carbocycles. The van der Waals surface area contributed by atoms with Crippen LogP contribution in [0.1, 0.15) is 53.4 Å². The minimum absolute atomic E-state index is 0.144. The molecule has 0 bridgehead atoms. The van der Waals surface area contributed by atoms with E-state index in [0.717, 1.165) is 18.2 Å². The third-order valence-corrected chi connectivity index (χ3v) is 4.25. The minimum atomic E-state index is 0.144. The summed E-state index contributed by atoms with van der Waals surface area (Å²) in [6, 6.07) is 7.64. The van der Waals surface area contributed by atoms with Crippen molar-refractivity contribution in [3.8, 4) is 5.75 Å². The van der Waals surface area contributed by atoms with Crippen LogP contribution in [0.4, 0.5) is 5.69 Å². The van der Waals surface area contributed by atoms with Gasteiger partial charge in [-0.1, -0.05) is 46.6 Å². The molecule has 1 aliphatic rings. The summed E-state index contributed by atoms with van der Waals surface area (Å²) >= 11 is 0. The van der Waals surface area contributed by atoms with Crippen LogP contribution in [-0.4, -0.2) is 23.7 Å². The number of anilines is 1. The van der Waals surface area contributed by atoms with Gasteiger partial charge in [0.25, 0.3) is 0 Å². The normalized spacial score (nSPS) is 22.7. The molecule has 0 spiro atoms. The summed E-state index contributed by atoms with van der Waals surface area (Å²) in [7, 11) is 0. The molecule has 128 valence electrons. The molecule has 0 heterocycles. The average Bonchev–Trinajstić information content (AvgIpc) is 2.46. The smallest absolute Gasteiger partial charge is 0.196 e. The topological polar surface area (TPSA) is 56.7 Å². The van der Waals surface area contributed by atoms with Gasteiger partial charge in [0.15, 0.2) is 5.96 Å². The van der Waals surface area contributed by atoms with Crippen molar-refractivity contribution in [1.82, 2.24) is 5.32 Å². The van der Waals surface area contributed by atoms with Crippen LogP contribution in [-0.2, 0) is 0 Å². The highest BCUT2D eigenvalue weighted by Gasteiger charge is 2.22. The first-order valence-electron chi connectivity index (χ1n) is 8.70. The fraction of sp³-hybridized carbons (Fsp3) is 0.632. The summed E-state index contributed by atoms with van der Waals surface area (Å²) in [6.45, 7) is 9.62. The van der Waals surface area contributed by atoms with Crippen molar-refractivity contribution in [2.75, 3.05) is 11.9 Å². The van der Waals surface area contributed by atoms with E-state index in [1.165, 1.54) is 25.7 Å². The molecule has 4 heteroatoms. The van der Waals surface area contributed by atoms with Gasteiger partial charge in [-0.05, 0) is 36.3 Å². The Balaban J connectivity index is 2.10. The number of benzene rings is 1. The number of aliphatic imine (C=N–C) groups is 1. The lowest BCUT2D eigenvalue weighted by Gasteiger charge is -2.31. The van der Waals surface area contributed by atoms with Crippen molar-refractivity contribution in [3.05, 3.63) is 24.3 Å². The van der Waals surface area contributed by atoms with Gasteiger partial charge in [0.2, 0.25) is 0 Å². The van der Waals surface area contributed by atoms with Crippen LogP contribution >= 0.6 is 0 Å². The molecule has 0 radical (unpaired) electrons. The van der Waals surface area contributed by atoms with Gasteiger partial charge in [0.1, 0.15) is 5.75 Å². The number of hydrogen-bond donors (Lipinski definition) is 3. The number of phenolic OH excluding ortho intramolecular Hbond substituents is 1. The SMILES string of the molecule is CC1CCCCC1NC(=NCC(C)(C)C)Nc1cccc(O)c1. The van der Waals surface area contributed by atoms with Gasteiger partial charge < -0.3 is 15.7 Å². The molecular weight excluding hydrogens is 286 g/mol. The van der Waals surface area contributed by atoms with E-state index in [0.29, 0.717) is 12.0 Å². The van der Waals surface area contributed by atoms with E-state index >= 15 is 0 Å². The second-order valence-corrected chi connectivity index (χ2v) is 7.91. The van der Waals surface area contributed by atoms with Crippen LogP contribution in [0, 0.1) is 11.3 Å². The lowest BCUT2D eigenvalue weighted by Crippen LogP contribution is -2.44. The first-order chi connectivity index (χ1) is 10.8. The lowest BCUT2D eigenvalue weighted by atomic mass is 9.86. The van der Waals surface area contributed by atoms with Crippen molar-refractivity contribution in [1.29, 1.82) is 0 Å². The minimum Gasteiger partial charge on any atom is -0.508 e. The molecule has 2 unspecified atom stereocenters. The average molecular weight is 317 g/mol. The van der Waals surface area contributed by atoms with Crippen LogP contribution in [0.5, 0.6) is 5.75 Å². The Morgan fingerprint density at radius 2 is 2.00 bits per heavy atom. The summed E-state index contributed by atoms with van der Waals surface area (Å²) in [5, 5.41) is 16.6. The van der Waals surface area contributed by atoms with E-state index in [2.05, 4.69) is 38.3 Å². The Morgan fingerprint density at radius 1 is 1.26 bits per heavy atom. The van der Waals surface area contributed by atoms with Gasteiger partial charge in [-0.25, -0.2) is 0 Å². The zero-order valence-electron chi connectivity index (χ0n) is 14.9. The van der Waals surface area contributed by atoms with Crippen LogP contribution in [0.3, 0.4) is 0 Å². The molecule has 2 rings (SSSR count). The van der Waals surface area contributed by atoms with Gasteiger partial charge in [0, 0.05) is 24.3 Å². The summed E-state index contributed by atoms with van der Waals surface area (Å²) in [4.78, 5) is 4.76. The third kappa shape index (κ3) is 6.12. The fourth-order valence-corrected chi connectivity index (χ4v) is 2.86. The first kappa shape index (κ1) is 17.6. The molecule has 23 heavy (non-hydrogen) atoms. The zero-order valence-corrected chi connectivity index (χ0v) is 14.9. The van der Waals surface area contributed by atoms with E-state index in [1.807, 2.05) is 12.1 Å². The van der Waals surface area contributed by atoms with E-state index in [1.54, 1.807) is 12.1 Å². The van der Waals surface area contributed by atoms with Crippen LogP contribution < -0.4 is 10.6 Å². The predicted molar refractivity (Wildman–Crippen MR) is 98.0 cm³/mol. The summed E-state index contributed by atoms with van der Waals surface area (Å²) < 4.78 is 0. The molecule has 0 saturated heterocycles. The highest BCUT2D eigenvalue weighted by molar-refractivity contribution is 5.94. The van der Waals surface area contributed by atoms with E-state index in [-0.39, 0.29) is 11.2 Å². The van der Waals surface area contributed by atoms with Crippen LogP contribution in [0.25, 0.3) is 0 Å². The third-order valence-electron chi connectivity index (χ3n) is 4.25. The van der Waals surface area contributed by atoms with Crippen molar-refractivity contribution in [2.24, 2.45) is 16.3 Å². The molecule has 1 aromatic carbocycles. The lowest BCUT2D eigenvalue weighted by molar-refractivity contribution is 0.308. The maximum absolute atomic E-state index is 9.65. The number of phenols is 1. The molecule has 2 atom stereocenters. The molecule has 4 nitrogen and oxygen atoms in total. The highest BCUT2D eigenvalue weighted by Crippen LogP contribution is 2.24. The summed E-state index contributed by atoms with van der Waals surface area (Å²) in [6.07, 6.45) is 5.07. The maximum Gasteiger partial charge on any atom is 0.196 e. The van der Waals surface area contributed by atoms with Gasteiger partial charge in [0.05, 0.1) is 0 Å². The second-order valence-electron chi connectivity index (χ2n) is 7.91. The summed E-state index contributed by atoms with van der Waals surface area (Å²) in [5.74, 6) is 1.73. The van der Waals surface area contributed by atoms with Gasteiger partial charge in [-0.3, -0.25) is 4.99 Å². The molecule has 3 N–H and O–H groups in total. The van der Waals surface area contributed by atoms with E-state index in [4.69, 9.17) is 4.99 Å². The Labute approximate surface area is 140 Å². The standard InChI is InChI=1S/C19H31N3O/c1-14-8-5-6-11-17(14)22-18(20-13-19(2,3)4)21-15-9-7-10-16(23)12-15/h7,9-10,12,14,17,23H,5-6,8,11,13H2,1-4H3,(H2,20,21,22). The second kappa shape index (κ2) is 7.71. The van der Waals surface area contributed by atoms with Gasteiger partial charge in [-0.15, -0.1) is 0 Å². The Hall–Kier alpha value is -1.71. The number of nitrogens with one attached hydrogen (secondary N) is 2. The van der Waals surface area contributed by atoms with Crippen LogP contribution in [0.15, 0.2) is 29.3 Å².